The Bertz CT molecular complexity index is 1190. The quantitative estimate of drug-likeness (QED) is 0.457. The second-order valence-electron chi connectivity index (χ2n) is 11.9. The Labute approximate surface area is 218 Å². The molecule has 0 amide bonds. The number of benzene rings is 1. The summed E-state index contributed by atoms with van der Waals surface area (Å²) in [6.45, 7) is 7.39. The predicted molar refractivity (Wildman–Crippen MR) is 144 cm³/mol. The number of hydrogen-bond acceptors (Lipinski definition) is 6. The average Bonchev–Trinajstić information content (AvgIpc) is 3.44. The summed E-state index contributed by atoms with van der Waals surface area (Å²) in [5.41, 5.74) is 2.30. The van der Waals surface area contributed by atoms with Crippen LogP contribution in [0.2, 0.25) is 0 Å². The summed E-state index contributed by atoms with van der Waals surface area (Å²) in [6.07, 6.45) is 9.85. The van der Waals surface area contributed by atoms with E-state index in [1.54, 1.807) is 11.3 Å². The number of aromatic nitrogens is 1. The number of nitrogens with one attached hydrogen (secondary N) is 1. The van der Waals surface area contributed by atoms with Crippen LogP contribution in [0.5, 0.6) is 5.75 Å². The minimum Gasteiger partial charge on any atom is -0.494 e. The molecular formula is C30H38N2O3S. The lowest BCUT2D eigenvalue weighted by Gasteiger charge is -2.59. The first-order chi connectivity index (χ1) is 17.3. The molecule has 5 nitrogen and oxygen atoms in total. The maximum Gasteiger partial charge on any atom is 0.187 e. The second-order valence-corrected chi connectivity index (χ2v) is 12.8. The maximum atomic E-state index is 12.3. The molecule has 0 aliphatic heterocycles. The number of ketones is 1. The van der Waals surface area contributed by atoms with Gasteiger partial charge in [-0.05, 0) is 105 Å². The molecular weight excluding hydrogens is 468 g/mol. The van der Waals surface area contributed by atoms with Crippen molar-refractivity contribution in [1.82, 2.24) is 4.98 Å². The lowest BCUT2D eigenvalue weighted by atomic mass is 9.46. The third-order valence-corrected chi connectivity index (χ3v) is 11.2. The summed E-state index contributed by atoms with van der Waals surface area (Å²) in [5, 5.41) is 18.5. The number of ether oxygens (including phenoxy) is 1. The molecule has 0 saturated heterocycles. The minimum absolute atomic E-state index is 0.161. The lowest BCUT2D eigenvalue weighted by Crippen LogP contribution is -2.53. The van der Waals surface area contributed by atoms with Gasteiger partial charge in [0, 0.05) is 22.9 Å². The van der Waals surface area contributed by atoms with Crippen LogP contribution in [0.1, 0.15) is 77.8 Å². The van der Waals surface area contributed by atoms with Crippen LogP contribution in [-0.2, 0) is 10.4 Å². The fourth-order valence-electron chi connectivity index (χ4n) is 8.44. The van der Waals surface area contributed by atoms with E-state index in [0.29, 0.717) is 36.6 Å². The summed E-state index contributed by atoms with van der Waals surface area (Å²) < 4.78 is 5.54. The zero-order valence-electron chi connectivity index (χ0n) is 21.7. The Balaban J connectivity index is 1.23. The van der Waals surface area contributed by atoms with E-state index < -0.39 is 5.60 Å². The fourth-order valence-corrected chi connectivity index (χ4v) is 9.24. The largest absolute Gasteiger partial charge is 0.494 e. The van der Waals surface area contributed by atoms with E-state index in [0.717, 1.165) is 67.2 Å². The van der Waals surface area contributed by atoms with Crippen molar-refractivity contribution in [2.24, 2.45) is 28.6 Å². The number of allylic oxidation sites excluding steroid dienone is 1. The molecule has 0 spiro atoms. The molecule has 36 heavy (non-hydrogen) atoms. The highest BCUT2D eigenvalue weighted by Crippen LogP contribution is 2.69. The summed E-state index contributed by atoms with van der Waals surface area (Å²) in [6, 6.07) is 7.92. The number of fused-ring (bicyclic) bond motifs is 5. The predicted octanol–water partition coefficient (Wildman–Crippen LogP) is 7.00. The minimum atomic E-state index is -0.891. The van der Waals surface area contributed by atoms with Crippen LogP contribution in [0, 0.1) is 28.6 Å². The van der Waals surface area contributed by atoms with Gasteiger partial charge in [0.2, 0.25) is 0 Å². The summed E-state index contributed by atoms with van der Waals surface area (Å²) in [5.74, 6) is 2.92. The van der Waals surface area contributed by atoms with E-state index in [9.17, 15) is 9.90 Å². The topological polar surface area (TPSA) is 71.4 Å². The molecule has 1 heterocycles. The first kappa shape index (κ1) is 24.2. The second kappa shape index (κ2) is 8.70. The first-order valence-electron chi connectivity index (χ1n) is 13.7. The van der Waals surface area contributed by atoms with Crippen molar-refractivity contribution in [3.05, 3.63) is 47.0 Å². The molecule has 4 aliphatic carbocycles. The molecule has 3 fully saturated rings. The van der Waals surface area contributed by atoms with E-state index in [1.165, 1.54) is 5.57 Å². The number of aliphatic hydroxyl groups is 1. The number of anilines is 2. The lowest BCUT2D eigenvalue weighted by molar-refractivity contribution is -0.135. The van der Waals surface area contributed by atoms with E-state index in [1.807, 2.05) is 37.3 Å². The van der Waals surface area contributed by atoms with Crippen molar-refractivity contribution in [3.8, 4) is 5.75 Å². The Kier molecular flexibility index (Phi) is 5.84. The van der Waals surface area contributed by atoms with E-state index in [2.05, 4.69) is 24.5 Å². The van der Waals surface area contributed by atoms with Crippen LogP contribution >= 0.6 is 11.3 Å². The zero-order chi connectivity index (χ0) is 25.1. The standard InChI is InChI=1S/C30H38N2O3S/c1-4-35-22-8-6-20(7-9-22)31-27-32-26(18-36-27)30(34)16-13-25-23-10-5-19-17-21(33)11-14-28(19,2)24(23)12-15-29(25,30)3/h6-9,17-18,23-25,34H,4-5,10-16H2,1-3H3,(H,31,32). The molecule has 4 aliphatic rings. The van der Waals surface area contributed by atoms with Crippen LogP contribution < -0.4 is 10.1 Å². The van der Waals surface area contributed by atoms with Gasteiger partial charge >= 0.3 is 0 Å². The Morgan fingerprint density at radius 1 is 1.08 bits per heavy atom. The number of carbonyl (C=O) groups is 1. The van der Waals surface area contributed by atoms with Gasteiger partial charge in [0.1, 0.15) is 11.4 Å². The summed E-state index contributed by atoms with van der Waals surface area (Å²) >= 11 is 1.57. The van der Waals surface area contributed by atoms with Gasteiger partial charge in [-0.2, -0.15) is 0 Å². The van der Waals surface area contributed by atoms with E-state index in [-0.39, 0.29) is 10.8 Å². The van der Waals surface area contributed by atoms with Gasteiger partial charge in [-0.15, -0.1) is 11.3 Å². The number of hydrogen-bond donors (Lipinski definition) is 2. The van der Waals surface area contributed by atoms with Gasteiger partial charge < -0.3 is 15.2 Å². The van der Waals surface area contributed by atoms with Gasteiger partial charge in [0.15, 0.2) is 10.9 Å². The van der Waals surface area contributed by atoms with Crippen molar-refractivity contribution < 1.29 is 14.6 Å². The monoisotopic (exact) mass is 506 g/mol. The van der Waals surface area contributed by atoms with Crippen LogP contribution in [0.25, 0.3) is 0 Å². The van der Waals surface area contributed by atoms with E-state index >= 15 is 0 Å². The number of nitrogens with zero attached hydrogens (tertiary/aromatic N) is 1. The van der Waals surface area contributed by atoms with Crippen LogP contribution in [0.15, 0.2) is 41.3 Å². The molecule has 0 bridgehead atoms. The average molecular weight is 507 g/mol. The highest BCUT2D eigenvalue weighted by atomic mass is 32.1. The molecule has 6 rings (SSSR count). The molecule has 2 N–H and O–H groups in total. The molecule has 0 radical (unpaired) electrons. The van der Waals surface area contributed by atoms with Crippen LogP contribution in [-0.4, -0.2) is 22.5 Å². The smallest absolute Gasteiger partial charge is 0.187 e. The van der Waals surface area contributed by atoms with Crippen LogP contribution in [0.3, 0.4) is 0 Å². The van der Waals surface area contributed by atoms with Gasteiger partial charge in [-0.1, -0.05) is 19.4 Å². The van der Waals surface area contributed by atoms with Gasteiger partial charge in [0.05, 0.1) is 12.3 Å². The number of thiazole rings is 1. The first-order valence-corrected chi connectivity index (χ1v) is 14.6. The fraction of sp³-hybridized carbons (Fsp3) is 0.600. The molecule has 1 aromatic carbocycles. The zero-order valence-corrected chi connectivity index (χ0v) is 22.5. The third-order valence-electron chi connectivity index (χ3n) is 10.5. The molecule has 1 aromatic heterocycles. The Morgan fingerprint density at radius 2 is 1.86 bits per heavy atom. The van der Waals surface area contributed by atoms with Gasteiger partial charge in [0.25, 0.3) is 0 Å². The van der Waals surface area contributed by atoms with Crippen molar-refractivity contribution in [2.45, 2.75) is 77.7 Å². The van der Waals surface area contributed by atoms with Crippen molar-refractivity contribution in [3.63, 3.8) is 0 Å². The highest BCUT2D eigenvalue weighted by Gasteiger charge is 2.65. The number of rotatable bonds is 5. The highest BCUT2D eigenvalue weighted by molar-refractivity contribution is 7.13. The number of carbonyl (C=O) groups excluding carboxylic acids is 1. The molecule has 2 aromatic rings. The maximum absolute atomic E-state index is 12.3. The van der Waals surface area contributed by atoms with Crippen molar-refractivity contribution in [1.29, 1.82) is 0 Å². The Hall–Kier alpha value is -2.18. The summed E-state index contributed by atoms with van der Waals surface area (Å²) in [7, 11) is 0. The Morgan fingerprint density at radius 3 is 2.64 bits per heavy atom. The third kappa shape index (κ3) is 3.59. The molecule has 3 saturated carbocycles. The van der Waals surface area contributed by atoms with Gasteiger partial charge in [-0.3, -0.25) is 4.79 Å². The van der Waals surface area contributed by atoms with Crippen molar-refractivity contribution in [2.75, 3.05) is 11.9 Å². The molecule has 6 unspecified atom stereocenters. The molecule has 6 heteroatoms. The normalized spacial score (nSPS) is 37.5. The summed E-state index contributed by atoms with van der Waals surface area (Å²) in [4.78, 5) is 17.1. The van der Waals surface area contributed by atoms with E-state index in [4.69, 9.17) is 9.72 Å². The molecule has 6 atom stereocenters. The SMILES string of the molecule is CCOc1ccc(Nc2nc(C3(O)CCC4C5CCC6=CC(=O)CCC6(C)C5CCC43C)cs2)cc1. The van der Waals surface area contributed by atoms with Crippen molar-refractivity contribution >= 4 is 27.9 Å². The van der Waals surface area contributed by atoms with Crippen LogP contribution in [0.4, 0.5) is 10.8 Å². The van der Waals surface area contributed by atoms with Gasteiger partial charge in [-0.25, -0.2) is 4.98 Å². The molecule has 192 valence electrons.